The van der Waals surface area contributed by atoms with Gasteiger partial charge < -0.3 is 9.80 Å². The third kappa shape index (κ3) is 3.48. The second kappa shape index (κ2) is 7.55. The summed E-state index contributed by atoms with van der Waals surface area (Å²) < 4.78 is 1.33. The lowest BCUT2D eigenvalue weighted by atomic mass is 10.1. The van der Waals surface area contributed by atoms with Gasteiger partial charge in [0.2, 0.25) is 5.91 Å². The number of amides is 1. The highest BCUT2D eigenvalue weighted by molar-refractivity contribution is 5.91. The molecule has 3 heterocycles. The Balaban J connectivity index is 1.69. The average molecular weight is 366 g/mol. The number of carbonyl (C=O) groups is 1. The molecule has 1 aromatic heterocycles. The number of rotatable bonds is 2. The van der Waals surface area contributed by atoms with Crippen molar-refractivity contribution < 1.29 is 4.79 Å². The van der Waals surface area contributed by atoms with Gasteiger partial charge in [0.25, 0.3) is 5.56 Å². The van der Waals surface area contributed by atoms with Crippen LogP contribution in [0.1, 0.15) is 37.7 Å². The molecule has 1 saturated heterocycles. The van der Waals surface area contributed by atoms with Crippen molar-refractivity contribution in [3.8, 4) is 0 Å². The summed E-state index contributed by atoms with van der Waals surface area (Å²) in [5.74, 6) is 0.816. The van der Waals surface area contributed by atoms with Gasteiger partial charge in [-0.3, -0.25) is 9.59 Å². The number of carbonyl (C=O) groups excluding carboxylic acids is 1. The van der Waals surface area contributed by atoms with Crippen molar-refractivity contribution in [1.82, 2.24) is 14.7 Å². The molecule has 1 atom stereocenters. The number of hydrogen-bond acceptors (Lipinski definition) is 4. The molecule has 2 aliphatic heterocycles. The number of aromatic nitrogens is 2. The van der Waals surface area contributed by atoms with E-state index in [1.54, 1.807) is 13.1 Å². The van der Waals surface area contributed by atoms with Gasteiger partial charge in [0, 0.05) is 38.3 Å². The van der Waals surface area contributed by atoms with Crippen LogP contribution in [0.5, 0.6) is 0 Å². The van der Waals surface area contributed by atoms with Crippen LogP contribution in [0.3, 0.4) is 0 Å². The number of nitrogens with zero attached hydrogens (tertiary/aromatic N) is 4. The lowest BCUT2D eigenvalue weighted by Gasteiger charge is -2.32. The minimum absolute atomic E-state index is 0.155. The summed E-state index contributed by atoms with van der Waals surface area (Å²) in [6, 6.07) is 11.0. The van der Waals surface area contributed by atoms with E-state index in [1.807, 2.05) is 28.0 Å². The molecule has 142 valence electrons. The number of likely N-dealkylation sites (tertiary alicyclic amines) is 1. The summed E-state index contributed by atoms with van der Waals surface area (Å²) in [5.41, 5.74) is 2.01. The minimum atomic E-state index is -0.299. The van der Waals surface area contributed by atoms with Crippen molar-refractivity contribution in [3.05, 3.63) is 52.3 Å². The van der Waals surface area contributed by atoms with Gasteiger partial charge in [-0.1, -0.05) is 37.5 Å². The fourth-order valence-electron chi connectivity index (χ4n) is 4.16. The fourth-order valence-corrected chi connectivity index (χ4v) is 4.16. The first-order chi connectivity index (χ1) is 13.1. The Hall–Kier alpha value is -2.63. The Kier molecular flexibility index (Phi) is 4.97. The van der Waals surface area contributed by atoms with E-state index in [0.717, 1.165) is 37.2 Å². The smallest absolute Gasteiger partial charge is 0.266 e. The second-order valence-electron chi connectivity index (χ2n) is 7.47. The molecule has 0 N–H and O–H groups in total. The first kappa shape index (κ1) is 17.8. The molecule has 6 heteroatoms. The molecule has 6 nitrogen and oxygen atoms in total. The Labute approximate surface area is 159 Å². The highest BCUT2D eigenvalue weighted by Crippen LogP contribution is 2.37. The van der Waals surface area contributed by atoms with Crippen molar-refractivity contribution in [1.29, 1.82) is 0 Å². The first-order valence-electron chi connectivity index (χ1n) is 9.85. The topological polar surface area (TPSA) is 58.4 Å². The maximum Gasteiger partial charge on any atom is 0.266 e. The molecule has 2 aliphatic rings. The van der Waals surface area contributed by atoms with E-state index in [2.05, 4.69) is 11.2 Å². The average Bonchev–Trinajstić information content (AvgIpc) is 3.03. The zero-order valence-corrected chi connectivity index (χ0v) is 15.8. The molecule has 1 fully saturated rings. The molecule has 4 rings (SSSR count). The summed E-state index contributed by atoms with van der Waals surface area (Å²) in [5, 5.41) is 4.42. The zero-order valence-electron chi connectivity index (χ0n) is 15.8. The molecule has 0 unspecified atom stereocenters. The molecular formula is C21H26N4O2. The van der Waals surface area contributed by atoms with Crippen LogP contribution < -0.4 is 10.5 Å². The van der Waals surface area contributed by atoms with Crippen LogP contribution in [-0.2, 0) is 18.3 Å². The van der Waals surface area contributed by atoms with Crippen LogP contribution in [0, 0.1) is 0 Å². The van der Waals surface area contributed by atoms with Crippen molar-refractivity contribution in [2.75, 3.05) is 18.0 Å². The highest BCUT2D eigenvalue weighted by Gasteiger charge is 2.38. The lowest BCUT2D eigenvalue weighted by molar-refractivity contribution is -0.132. The maximum atomic E-state index is 13.5. The van der Waals surface area contributed by atoms with Gasteiger partial charge in [0.05, 0.1) is 0 Å². The fraction of sp³-hybridized carbons (Fsp3) is 0.476. The quantitative estimate of drug-likeness (QED) is 0.820. The molecular weight excluding hydrogens is 340 g/mol. The summed E-state index contributed by atoms with van der Waals surface area (Å²) in [6.07, 6.45) is 6.48. The zero-order chi connectivity index (χ0) is 18.8. The summed E-state index contributed by atoms with van der Waals surface area (Å²) in [4.78, 5) is 29.3. The molecule has 0 aliphatic carbocycles. The predicted molar refractivity (Wildman–Crippen MR) is 105 cm³/mol. The van der Waals surface area contributed by atoms with Crippen molar-refractivity contribution in [2.24, 2.45) is 7.05 Å². The SMILES string of the molecule is Cn1nc(N2c3ccccc3C[C@H]2C(=O)N2CCCCCCC2)ccc1=O. The Morgan fingerprint density at radius 3 is 2.44 bits per heavy atom. The Morgan fingerprint density at radius 2 is 1.70 bits per heavy atom. The van der Waals surface area contributed by atoms with E-state index in [-0.39, 0.29) is 17.5 Å². The minimum Gasteiger partial charge on any atom is -0.341 e. The van der Waals surface area contributed by atoms with Gasteiger partial charge in [0.1, 0.15) is 6.04 Å². The highest BCUT2D eigenvalue weighted by atomic mass is 16.2. The molecule has 0 saturated carbocycles. The van der Waals surface area contributed by atoms with E-state index < -0.39 is 0 Å². The van der Waals surface area contributed by atoms with Crippen molar-refractivity contribution in [3.63, 3.8) is 0 Å². The lowest BCUT2D eigenvalue weighted by Crippen LogP contribution is -2.47. The molecule has 1 amide bonds. The molecule has 0 bridgehead atoms. The third-order valence-corrected chi connectivity index (χ3v) is 5.62. The number of aryl methyl sites for hydroxylation is 1. The van der Waals surface area contributed by atoms with Crippen LogP contribution >= 0.6 is 0 Å². The number of fused-ring (bicyclic) bond motifs is 1. The standard InChI is InChI=1S/C21H26N4O2/c1-23-20(26)12-11-19(22-23)25-17-10-6-5-9-16(17)15-18(25)21(27)24-13-7-3-2-4-8-14-24/h5-6,9-12,18H,2-4,7-8,13-15H2,1H3/t18-/m0/s1. The van der Waals surface area contributed by atoms with Crippen molar-refractivity contribution in [2.45, 2.75) is 44.6 Å². The molecule has 0 spiro atoms. The van der Waals surface area contributed by atoms with Gasteiger partial charge in [-0.25, -0.2) is 4.68 Å². The first-order valence-corrected chi connectivity index (χ1v) is 9.85. The van der Waals surface area contributed by atoms with Crippen LogP contribution in [0.15, 0.2) is 41.2 Å². The van der Waals surface area contributed by atoms with E-state index >= 15 is 0 Å². The Morgan fingerprint density at radius 1 is 1.00 bits per heavy atom. The molecule has 27 heavy (non-hydrogen) atoms. The molecule has 2 aromatic rings. The van der Waals surface area contributed by atoms with Gasteiger partial charge in [0.15, 0.2) is 5.82 Å². The predicted octanol–water partition coefficient (Wildman–Crippen LogP) is 2.64. The van der Waals surface area contributed by atoms with Crippen LogP contribution in [0.2, 0.25) is 0 Å². The van der Waals surface area contributed by atoms with E-state index in [0.29, 0.717) is 12.2 Å². The monoisotopic (exact) mass is 366 g/mol. The van der Waals surface area contributed by atoms with Crippen LogP contribution in [-0.4, -0.2) is 39.7 Å². The second-order valence-corrected chi connectivity index (χ2v) is 7.47. The maximum absolute atomic E-state index is 13.5. The number of para-hydroxylation sites is 1. The van der Waals surface area contributed by atoms with Gasteiger partial charge in [-0.05, 0) is 30.5 Å². The summed E-state index contributed by atoms with van der Waals surface area (Å²) in [7, 11) is 1.64. The summed E-state index contributed by atoms with van der Waals surface area (Å²) >= 11 is 0. The van der Waals surface area contributed by atoms with Crippen LogP contribution in [0.4, 0.5) is 11.5 Å². The number of benzene rings is 1. The van der Waals surface area contributed by atoms with Gasteiger partial charge in [-0.2, -0.15) is 5.10 Å². The van der Waals surface area contributed by atoms with Gasteiger partial charge in [-0.15, -0.1) is 0 Å². The van der Waals surface area contributed by atoms with Crippen LogP contribution in [0.25, 0.3) is 0 Å². The largest absolute Gasteiger partial charge is 0.341 e. The third-order valence-electron chi connectivity index (χ3n) is 5.62. The van der Waals surface area contributed by atoms with E-state index in [1.165, 1.54) is 30.0 Å². The number of hydrogen-bond donors (Lipinski definition) is 0. The van der Waals surface area contributed by atoms with Crippen molar-refractivity contribution >= 4 is 17.4 Å². The summed E-state index contributed by atoms with van der Waals surface area (Å²) in [6.45, 7) is 1.67. The van der Waals surface area contributed by atoms with E-state index in [9.17, 15) is 9.59 Å². The Bertz CT molecular complexity index is 884. The van der Waals surface area contributed by atoms with Gasteiger partial charge >= 0.3 is 0 Å². The molecule has 0 radical (unpaired) electrons. The number of anilines is 2. The normalized spacial score (nSPS) is 20.1. The molecule has 1 aromatic carbocycles. The van der Waals surface area contributed by atoms with E-state index in [4.69, 9.17) is 0 Å².